The Morgan fingerprint density at radius 1 is 1.17 bits per heavy atom. The molecule has 2 rings (SSSR count). The van der Waals surface area contributed by atoms with E-state index in [-0.39, 0.29) is 18.1 Å². The predicted octanol–water partition coefficient (Wildman–Crippen LogP) is 4.22. The largest absolute Gasteiger partial charge is 0.450 e. The number of imide groups is 1. The quantitative estimate of drug-likeness (QED) is 0.823. The van der Waals surface area contributed by atoms with Crippen molar-refractivity contribution in [1.82, 2.24) is 5.32 Å². The normalized spacial score (nSPS) is 10.3. The van der Waals surface area contributed by atoms with E-state index in [9.17, 15) is 14.4 Å². The molecule has 3 amide bonds. The average Bonchev–Trinajstić information content (AvgIpc) is 3.04. The van der Waals surface area contributed by atoms with Crippen LogP contribution >= 0.6 is 34.3 Å². The number of nitrogens with one attached hydrogen (secondary N) is 2. The second-order valence-corrected chi connectivity index (χ2v) is 7.66. The van der Waals surface area contributed by atoms with Crippen molar-refractivity contribution in [2.75, 3.05) is 11.9 Å². The summed E-state index contributed by atoms with van der Waals surface area (Å²) in [7, 11) is 0. The smallest absolute Gasteiger partial charge is 0.414 e. The number of ether oxygens (including phenoxy) is 1. The summed E-state index contributed by atoms with van der Waals surface area (Å²) in [5.41, 5.74) is 0.947. The molecule has 0 spiro atoms. The van der Waals surface area contributed by atoms with Gasteiger partial charge in [0.15, 0.2) is 0 Å². The summed E-state index contributed by atoms with van der Waals surface area (Å²) in [5, 5.41) is 5.23. The molecule has 24 heavy (non-hydrogen) atoms. The van der Waals surface area contributed by atoms with Gasteiger partial charge in [0.05, 0.1) is 21.4 Å². The van der Waals surface area contributed by atoms with Crippen molar-refractivity contribution in [2.24, 2.45) is 0 Å². The molecule has 0 bridgehead atoms. The highest BCUT2D eigenvalue weighted by Crippen LogP contribution is 2.33. The Morgan fingerprint density at radius 2 is 1.88 bits per heavy atom. The van der Waals surface area contributed by atoms with Crippen molar-refractivity contribution in [3.05, 3.63) is 37.4 Å². The van der Waals surface area contributed by atoms with E-state index in [1.807, 2.05) is 6.92 Å². The summed E-state index contributed by atoms with van der Waals surface area (Å²) in [6.45, 7) is 5.38. The number of hydrogen-bond donors (Lipinski definition) is 2. The number of anilines is 1. The second-order valence-electron chi connectivity index (χ2n) is 4.72. The highest BCUT2D eigenvalue weighted by atomic mass is 35.5. The Labute approximate surface area is 151 Å². The molecule has 0 radical (unpaired) electrons. The number of alkyl carbamates (subject to hydrolysis) is 1. The van der Waals surface area contributed by atoms with Gasteiger partial charge >= 0.3 is 6.09 Å². The minimum absolute atomic E-state index is 0.156. The first kappa shape index (κ1) is 18.4. The zero-order valence-corrected chi connectivity index (χ0v) is 15.6. The number of thiophene rings is 2. The van der Waals surface area contributed by atoms with Gasteiger partial charge in [-0.1, -0.05) is 11.6 Å². The van der Waals surface area contributed by atoms with Gasteiger partial charge in [0.1, 0.15) is 5.00 Å². The molecular weight excluding hydrogens is 372 g/mol. The van der Waals surface area contributed by atoms with Crippen molar-refractivity contribution in [1.29, 1.82) is 0 Å². The maximum absolute atomic E-state index is 12.3. The first-order chi connectivity index (χ1) is 11.3. The van der Waals surface area contributed by atoms with Crippen LogP contribution < -0.4 is 10.6 Å². The molecule has 0 saturated heterocycles. The lowest BCUT2D eigenvalue weighted by molar-refractivity contribution is 0.0925. The van der Waals surface area contributed by atoms with Gasteiger partial charge in [-0.2, -0.15) is 0 Å². The van der Waals surface area contributed by atoms with E-state index in [0.29, 0.717) is 19.8 Å². The van der Waals surface area contributed by atoms with Crippen LogP contribution in [-0.4, -0.2) is 24.5 Å². The molecule has 2 aromatic heterocycles. The number of amides is 3. The van der Waals surface area contributed by atoms with Crippen molar-refractivity contribution < 1.29 is 19.1 Å². The molecule has 0 aromatic carbocycles. The molecule has 128 valence electrons. The number of halogens is 1. The van der Waals surface area contributed by atoms with Gasteiger partial charge in [-0.15, -0.1) is 22.7 Å². The number of carbonyl (C=O) groups excluding carboxylic acids is 3. The van der Waals surface area contributed by atoms with Gasteiger partial charge in [-0.25, -0.2) is 4.79 Å². The third-order valence-electron chi connectivity index (χ3n) is 3.13. The van der Waals surface area contributed by atoms with E-state index >= 15 is 0 Å². The summed E-state index contributed by atoms with van der Waals surface area (Å²) in [4.78, 5) is 37.4. The minimum atomic E-state index is -0.826. The van der Waals surface area contributed by atoms with Gasteiger partial charge in [-0.05, 0) is 38.5 Å². The van der Waals surface area contributed by atoms with E-state index in [2.05, 4.69) is 10.6 Å². The summed E-state index contributed by atoms with van der Waals surface area (Å²) in [5.74, 6) is -0.979. The molecule has 2 N–H and O–H groups in total. The molecule has 6 nitrogen and oxygen atoms in total. The lowest BCUT2D eigenvalue weighted by Gasteiger charge is -2.07. The maximum Gasteiger partial charge on any atom is 0.414 e. The van der Waals surface area contributed by atoms with Crippen molar-refractivity contribution >= 4 is 57.2 Å². The molecule has 0 aliphatic heterocycles. The topological polar surface area (TPSA) is 84.5 Å². The fraction of sp³-hybridized carbons (Fsp3) is 0.267. The van der Waals surface area contributed by atoms with Gasteiger partial charge in [0.25, 0.3) is 11.8 Å². The van der Waals surface area contributed by atoms with Crippen LogP contribution in [0.5, 0.6) is 0 Å². The molecule has 9 heteroatoms. The molecule has 0 atom stereocenters. The zero-order valence-electron chi connectivity index (χ0n) is 13.2. The molecule has 0 aliphatic carbocycles. The number of hydrogen-bond acceptors (Lipinski definition) is 6. The predicted molar refractivity (Wildman–Crippen MR) is 95.6 cm³/mol. The Balaban J connectivity index is 2.24. The van der Waals surface area contributed by atoms with Gasteiger partial charge < -0.3 is 10.1 Å². The SMILES string of the molecule is CCOC(=O)NC(=O)c1c(NC(=O)c2ccc(Cl)s2)sc(C)c1C. The van der Waals surface area contributed by atoms with Crippen molar-refractivity contribution in [2.45, 2.75) is 20.8 Å². The van der Waals surface area contributed by atoms with Crippen LogP contribution in [0.4, 0.5) is 9.80 Å². The second kappa shape index (κ2) is 7.78. The molecule has 2 heterocycles. The number of aryl methyl sites for hydroxylation is 1. The van der Waals surface area contributed by atoms with Crippen LogP contribution in [0.1, 0.15) is 37.4 Å². The monoisotopic (exact) mass is 386 g/mol. The number of carbonyl (C=O) groups is 3. The maximum atomic E-state index is 12.3. The third-order valence-corrected chi connectivity index (χ3v) is 5.48. The van der Waals surface area contributed by atoms with Crippen molar-refractivity contribution in [3.63, 3.8) is 0 Å². The van der Waals surface area contributed by atoms with E-state index in [1.165, 1.54) is 11.3 Å². The Bertz CT molecular complexity index is 797. The molecule has 2 aromatic rings. The summed E-state index contributed by atoms with van der Waals surface area (Å²) < 4.78 is 5.20. The Kier molecular flexibility index (Phi) is 5.98. The molecule has 0 fully saturated rings. The first-order valence-corrected chi connectivity index (χ1v) is 8.99. The van der Waals surface area contributed by atoms with Crippen LogP contribution in [0, 0.1) is 13.8 Å². The fourth-order valence-corrected chi connectivity index (χ4v) is 3.90. The van der Waals surface area contributed by atoms with Crippen LogP contribution in [0.2, 0.25) is 4.34 Å². The average molecular weight is 387 g/mol. The standard InChI is InChI=1S/C15H15ClN2O4S2/c1-4-22-15(21)18-13(20)11-7(2)8(3)23-14(11)17-12(19)9-5-6-10(16)24-9/h5-6H,4H2,1-3H3,(H,17,19)(H,18,20,21). The Morgan fingerprint density at radius 3 is 2.46 bits per heavy atom. The van der Waals surface area contributed by atoms with Gasteiger partial charge in [0.2, 0.25) is 0 Å². The highest BCUT2D eigenvalue weighted by Gasteiger charge is 2.23. The summed E-state index contributed by atoms with van der Waals surface area (Å²) in [6.07, 6.45) is -0.826. The fourth-order valence-electron chi connectivity index (χ4n) is 1.91. The number of rotatable bonds is 4. The highest BCUT2D eigenvalue weighted by molar-refractivity contribution is 7.18. The molecule has 0 saturated carbocycles. The minimum Gasteiger partial charge on any atom is -0.450 e. The molecule has 0 aliphatic rings. The first-order valence-electron chi connectivity index (χ1n) is 6.98. The zero-order chi connectivity index (χ0) is 17.9. The molecular formula is C15H15ClN2O4S2. The van der Waals surface area contributed by atoms with Crippen molar-refractivity contribution in [3.8, 4) is 0 Å². The van der Waals surface area contributed by atoms with E-state index in [4.69, 9.17) is 16.3 Å². The summed E-state index contributed by atoms with van der Waals surface area (Å²) in [6, 6.07) is 3.23. The van der Waals surface area contributed by atoms with Gasteiger partial charge in [0, 0.05) is 4.88 Å². The van der Waals surface area contributed by atoms with E-state index in [0.717, 1.165) is 16.2 Å². The lowest BCUT2D eigenvalue weighted by Crippen LogP contribution is -2.31. The molecule has 0 unspecified atom stereocenters. The lowest BCUT2D eigenvalue weighted by atomic mass is 10.1. The van der Waals surface area contributed by atoms with E-state index in [1.54, 1.807) is 26.0 Å². The summed E-state index contributed by atoms with van der Waals surface area (Å²) >= 11 is 8.24. The van der Waals surface area contributed by atoms with Crippen LogP contribution in [0.15, 0.2) is 12.1 Å². The van der Waals surface area contributed by atoms with Crippen LogP contribution in [0.3, 0.4) is 0 Å². The van der Waals surface area contributed by atoms with Crippen LogP contribution in [-0.2, 0) is 4.74 Å². The van der Waals surface area contributed by atoms with E-state index < -0.39 is 12.0 Å². The third kappa shape index (κ3) is 4.14. The van der Waals surface area contributed by atoms with Gasteiger partial charge in [-0.3, -0.25) is 14.9 Å². The Hall–Kier alpha value is -1.90. The van der Waals surface area contributed by atoms with Crippen LogP contribution in [0.25, 0.3) is 0 Å².